The maximum absolute atomic E-state index is 3.63. The highest BCUT2D eigenvalue weighted by molar-refractivity contribution is 9.11. The third kappa shape index (κ3) is 6.73. The summed E-state index contributed by atoms with van der Waals surface area (Å²) in [4.78, 5) is 1.47. The van der Waals surface area contributed by atoms with Crippen LogP contribution < -0.4 is 5.32 Å². The lowest BCUT2D eigenvalue weighted by Crippen LogP contribution is -2.14. The summed E-state index contributed by atoms with van der Waals surface area (Å²) in [6, 6.07) is 2.85. The van der Waals surface area contributed by atoms with Crippen LogP contribution in [0.15, 0.2) is 9.85 Å². The number of thiophene rings is 1. The maximum atomic E-state index is 3.63. The highest BCUT2D eigenvalue weighted by Gasteiger charge is 2.12. The molecule has 0 fully saturated rings. The second-order valence-electron chi connectivity index (χ2n) is 5.71. The molecule has 116 valence electrons. The van der Waals surface area contributed by atoms with Gasteiger partial charge in [-0.15, -0.1) is 11.3 Å². The third-order valence-electron chi connectivity index (χ3n) is 3.91. The number of halogens is 1. The fraction of sp³-hybridized carbons (Fsp3) is 0.765. The predicted molar refractivity (Wildman–Crippen MR) is 95.8 cm³/mol. The molecule has 0 saturated heterocycles. The Labute approximate surface area is 137 Å². The van der Waals surface area contributed by atoms with E-state index in [1.807, 2.05) is 11.3 Å². The summed E-state index contributed by atoms with van der Waals surface area (Å²) in [5.41, 5.74) is 1.36. The molecule has 0 bridgehead atoms. The number of unbranched alkanes of at least 4 members (excludes halogenated alkanes) is 7. The van der Waals surface area contributed by atoms with Crippen molar-refractivity contribution in [2.24, 2.45) is 0 Å². The van der Waals surface area contributed by atoms with Gasteiger partial charge in [-0.25, -0.2) is 0 Å². The Bertz CT molecular complexity index is 342. The third-order valence-corrected chi connectivity index (χ3v) is 6.16. The molecule has 0 saturated carbocycles. The molecule has 1 rings (SSSR count). The highest BCUT2D eigenvalue weighted by atomic mass is 79.9. The van der Waals surface area contributed by atoms with Gasteiger partial charge in [0.1, 0.15) is 0 Å². The normalized spacial score (nSPS) is 12.8. The second-order valence-corrected chi connectivity index (χ2v) is 8.11. The first-order chi connectivity index (χ1) is 9.69. The molecule has 1 aromatic rings. The first kappa shape index (κ1) is 18.2. The van der Waals surface area contributed by atoms with Crippen LogP contribution in [0.2, 0.25) is 0 Å². The van der Waals surface area contributed by atoms with Gasteiger partial charge in [0.2, 0.25) is 0 Å². The molecule has 0 spiro atoms. The molecule has 1 aromatic heterocycles. The van der Waals surface area contributed by atoms with E-state index in [1.54, 1.807) is 0 Å². The predicted octanol–water partition coefficient (Wildman–Crippen LogP) is 6.61. The van der Waals surface area contributed by atoms with Gasteiger partial charge >= 0.3 is 0 Å². The molecule has 20 heavy (non-hydrogen) atoms. The van der Waals surface area contributed by atoms with Crippen molar-refractivity contribution in [2.45, 2.75) is 77.7 Å². The number of rotatable bonds is 11. The van der Waals surface area contributed by atoms with Gasteiger partial charge in [-0.1, -0.05) is 58.3 Å². The molecule has 1 unspecified atom stereocenters. The van der Waals surface area contributed by atoms with E-state index < -0.39 is 0 Å². The van der Waals surface area contributed by atoms with Crippen LogP contribution in [-0.2, 0) is 0 Å². The van der Waals surface area contributed by atoms with Crippen LogP contribution in [0.1, 0.15) is 81.2 Å². The number of aryl methyl sites for hydroxylation is 1. The summed E-state index contributed by atoms with van der Waals surface area (Å²) >= 11 is 5.51. The number of nitrogens with one attached hydrogen (secondary N) is 1. The summed E-state index contributed by atoms with van der Waals surface area (Å²) < 4.78 is 1.28. The molecule has 1 nitrogen and oxygen atoms in total. The molecule has 0 amide bonds. The average Bonchev–Trinajstić information content (AvgIpc) is 2.77. The summed E-state index contributed by atoms with van der Waals surface area (Å²) in [6.07, 6.45) is 12.4. The van der Waals surface area contributed by atoms with Gasteiger partial charge in [0.05, 0.1) is 3.79 Å². The summed E-state index contributed by atoms with van der Waals surface area (Å²) in [7, 11) is 2.08. The molecule has 1 N–H and O–H groups in total. The summed E-state index contributed by atoms with van der Waals surface area (Å²) in [6.45, 7) is 4.45. The minimum atomic E-state index is 0.532. The molecule has 1 heterocycles. The van der Waals surface area contributed by atoms with Gasteiger partial charge in [-0.3, -0.25) is 0 Å². The Hall–Kier alpha value is 0.140. The summed E-state index contributed by atoms with van der Waals surface area (Å²) in [5, 5.41) is 3.47. The maximum Gasteiger partial charge on any atom is 0.0731 e. The number of hydrogen-bond acceptors (Lipinski definition) is 2. The van der Waals surface area contributed by atoms with Crippen molar-refractivity contribution in [2.75, 3.05) is 7.05 Å². The van der Waals surface area contributed by atoms with Crippen molar-refractivity contribution in [1.82, 2.24) is 5.32 Å². The molecule has 3 heteroatoms. The van der Waals surface area contributed by atoms with Crippen molar-refractivity contribution in [3.63, 3.8) is 0 Å². The SMILES string of the molecule is CCCCCCCCCCC(NC)c1cc(C)c(Br)s1. The molecule has 0 aliphatic carbocycles. The molecule has 0 aliphatic heterocycles. The lowest BCUT2D eigenvalue weighted by molar-refractivity contribution is 0.499. The first-order valence-electron chi connectivity index (χ1n) is 8.12. The molecule has 1 atom stereocenters. The highest BCUT2D eigenvalue weighted by Crippen LogP contribution is 2.33. The van der Waals surface area contributed by atoms with Gasteiger partial charge in [0.25, 0.3) is 0 Å². The van der Waals surface area contributed by atoms with Gasteiger partial charge in [0, 0.05) is 10.9 Å². The van der Waals surface area contributed by atoms with Crippen LogP contribution in [0.4, 0.5) is 0 Å². The van der Waals surface area contributed by atoms with Crippen molar-refractivity contribution in [3.05, 3.63) is 20.3 Å². The molecule has 0 aliphatic rings. The Kier molecular flexibility index (Phi) is 9.83. The quantitative estimate of drug-likeness (QED) is 0.438. The topological polar surface area (TPSA) is 12.0 Å². The van der Waals surface area contributed by atoms with E-state index in [2.05, 4.69) is 48.2 Å². The molecule has 0 radical (unpaired) electrons. The van der Waals surface area contributed by atoms with Crippen molar-refractivity contribution in [1.29, 1.82) is 0 Å². The average molecular weight is 360 g/mol. The van der Waals surface area contributed by atoms with E-state index in [-0.39, 0.29) is 0 Å². The first-order valence-corrected chi connectivity index (χ1v) is 9.73. The molecular weight excluding hydrogens is 330 g/mol. The fourth-order valence-electron chi connectivity index (χ4n) is 2.57. The van der Waals surface area contributed by atoms with Gasteiger partial charge < -0.3 is 5.32 Å². The Morgan fingerprint density at radius 2 is 1.70 bits per heavy atom. The lowest BCUT2D eigenvalue weighted by Gasteiger charge is -2.14. The van der Waals surface area contributed by atoms with E-state index >= 15 is 0 Å². The van der Waals surface area contributed by atoms with Gasteiger partial charge in [-0.2, -0.15) is 0 Å². The van der Waals surface area contributed by atoms with Crippen LogP contribution in [0.5, 0.6) is 0 Å². The van der Waals surface area contributed by atoms with E-state index in [0.29, 0.717) is 6.04 Å². The molecular formula is C17H30BrNS. The zero-order valence-corrected chi connectivity index (χ0v) is 15.7. The Morgan fingerprint density at radius 3 is 2.20 bits per heavy atom. The number of hydrogen-bond donors (Lipinski definition) is 1. The zero-order valence-electron chi connectivity index (χ0n) is 13.3. The second kappa shape index (κ2) is 10.8. The standard InChI is InChI=1S/C17H30BrNS/c1-4-5-6-7-8-9-10-11-12-15(19-3)16-13-14(2)17(18)20-16/h13,15,19H,4-12H2,1-3H3. The Morgan fingerprint density at radius 1 is 1.10 bits per heavy atom. The van der Waals surface area contributed by atoms with E-state index in [0.717, 1.165) is 0 Å². The Balaban J connectivity index is 2.16. The van der Waals surface area contributed by atoms with Gasteiger partial charge in [0.15, 0.2) is 0 Å². The largest absolute Gasteiger partial charge is 0.312 e. The zero-order chi connectivity index (χ0) is 14.8. The van der Waals surface area contributed by atoms with Crippen molar-refractivity contribution in [3.8, 4) is 0 Å². The van der Waals surface area contributed by atoms with Crippen molar-refractivity contribution >= 4 is 27.3 Å². The minimum absolute atomic E-state index is 0.532. The van der Waals surface area contributed by atoms with Crippen LogP contribution in [-0.4, -0.2) is 7.05 Å². The van der Waals surface area contributed by atoms with Crippen LogP contribution >= 0.6 is 27.3 Å². The monoisotopic (exact) mass is 359 g/mol. The van der Waals surface area contributed by atoms with E-state index in [9.17, 15) is 0 Å². The van der Waals surface area contributed by atoms with Crippen molar-refractivity contribution < 1.29 is 0 Å². The van der Waals surface area contributed by atoms with Crippen LogP contribution in [0, 0.1) is 6.92 Å². The van der Waals surface area contributed by atoms with Crippen LogP contribution in [0.3, 0.4) is 0 Å². The smallest absolute Gasteiger partial charge is 0.0731 e. The van der Waals surface area contributed by atoms with E-state index in [1.165, 1.54) is 72.0 Å². The lowest BCUT2D eigenvalue weighted by atomic mass is 10.0. The van der Waals surface area contributed by atoms with E-state index in [4.69, 9.17) is 0 Å². The van der Waals surface area contributed by atoms with Crippen LogP contribution in [0.25, 0.3) is 0 Å². The van der Waals surface area contributed by atoms with Gasteiger partial charge in [-0.05, 0) is 48.0 Å². The fourth-order valence-corrected chi connectivity index (χ4v) is 4.28. The molecule has 0 aromatic carbocycles. The summed E-state index contributed by atoms with van der Waals surface area (Å²) in [5.74, 6) is 0. The minimum Gasteiger partial charge on any atom is -0.312 e.